The van der Waals surface area contributed by atoms with Crippen molar-refractivity contribution in [1.82, 2.24) is 9.13 Å². The maximum atomic E-state index is 6.23. The minimum atomic E-state index is 0.707. The maximum Gasteiger partial charge on any atom is 0.120 e. The molecule has 0 amide bonds. The molecule has 9 rings (SSSR count). The molecule has 0 saturated carbocycles. The second-order valence-corrected chi connectivity index (χ2v) is 17.4. The summed E-state index contributed by atoms with van der Waals surface area (Å²) in [5, 5.41) is 4.77. The van der Waals surface area contributed by atoms with Crippen LogP contribution in [0.1, 0.15) is 90.2 Å². The standard InChI is InChI=1S/C60H63N3O3/c1-6-11-15-44-18-32-57-53(39-44)54-40-50(64-36-12-7-2)29-33-58(54)62(57)48-25-21-46(22-26-48)61(45-19-16-43(10-5)17-20-45)47-23-27-49(28-24-47)63-59-34-30-51(65-37-13-8-3)41-55(59)56-42-52(31-35-60(56)63)66-38-14-9-4/h10,16-35,39-42H,5-9,11-15,36-38H2,1-4H3. The van der Waals surface area contributed by atoms with Crippen LogP contribution in [0.4, 0.5) is 17.1 Å². The van der Waals surface area contributed by atoms with E-state index in [1.807, 2.05) is 6.08 Å². The summed E-state index contributed by atoms with van der Waals surface area (Å²) in [7, 11) is 0. The number of unbranched alkanes of at least 4 members (excludes halogenated alkanes) is 4. The fourth-order valence-corrected chi connectivity index (χ4v) is 9.10. The smallest absolute Gasteiger partial charge is 0.120 e. The van der Waals surface area contributed by atoms with Gasteiger partial charge >= 0.3 is 0 Å². The first-order valence-corrected chi connectivity index (χ1v) is 24.3. The van der Waals surface area contributed by atoms with Gasteiger partial charge in [-0.15, -0.1) is 0 Å². The third-order valence-corrected chi connectivity index (χ3v) is 12.7. The van der Waals surface area contributed by atoms with Crippen LogP contribution in [0.5, 0.6) is 17.2 Å². The molecule has 0 saturated heterocycles. The van der Waals surface area contributed by atoms with Gasteiger partial charge < -0.3 is 28.2 Å². The predicted molar refractivity (Wildman–Crippen MR) is 280 cm³/mol. The van der Waals surface area contributed by atoms with Crippen LogP contribution in [0, 0.1) is 0 Å². The summed E-state index contributed by atoms with van der Waals surface area (Å²) >= 11 is 0. The summed E-state index contributed by atoms with van der Waals surface area (Å²) in [5.41, 5.74) is 12.5. The van der Waals surface area contributed by atoms with Gasteiger partial charge in [0.25, 0.3) is 0 Å². The second kappa shape index (κ2) is 20.5. The SMILES string of the molecule is C=Cc1ccc(N(c2ccc(-n3c4ccc(CCCC)cc4c4cc(OCCCC)ccc43)cc2)c2ccc(-n3c4ccc(OCCCC)cc4c4cc(OCCCC)ccc43)cc2)cc1. The second-order valence-electron chi connectivity index (χ2n) is 17.4. The van der Waals surface area contributed by atoms with Crippen LogP contribution < -0.4 is 19.1 Å². The molecule has 0 aliphatic carbocycles. The van der Waals surface area contributed by atoms with Crippen LogP contribution in [0.3, 0.4) is 0 Å². The summed E-state index contributed by atoms with van der Waals surface area (Å²) in [6.07, 6.45) is 11.7. The van der Waals surface area contributed by atoms with Gasteiger partial charge in [0.1, 0.15) is 17.2 Å². The fourth-order valence-electron chi connectivity index (χ4n) is 9.10. The van der Waals surface area contributed by atoms with E-state index in [-0.39, 0.29) is 0 Å². The van der Waals surface area contributed by atoms with E-state index >= 15 is 0 Å². The van der Waals surface area contributed by atoms with E-state index in [1.165, 1.54) is 40.2 Å². The van der Waals surface area contributed by atoms with E-state index in [4.69, 9.17) is 14.2 Å². The average Bonchev–Trinajstić information content (AvgIpc) is 3.85. The zero-order chi connectivity index (χ0) is 45.4. The van der Waals surface area contributed by atoms with Crippen LogP contribution in [-0.2, 0) is 6.42 Å². The number of hydrogen-bond donors (Lipinski definition) is 0. The van der Waals surface area contributed by atoms with Crippen molar-refractivity contribution in [1.29, 1.82) is 0 Å². The molecule has 336 valence electrons. The molecule has 66 heavy (non-hydrogen) atoms. The lowest BCUT2D eigenvalue weighted by Gasteiger charge is -2.26. The lowest BCUT2D eigenvalue weighted by Crippen LogP contribution is -2.10. The Morgan fingerprint density at radius 2 is 0.788 bits per heavy atom. The minimum absolute atomic E-state index is 0.707. The summed E-state index contributed by atoms with van der Waals surface area (Å²) in [4.78, 5) is 2.33. The van der Waals surface area contributed by atoms with E-state index in [1.54, 1.807) is 0 Å². The molecule has 0 unspecified atom stereocenters. The van der Waals surface area contributed by atoms with Gasteiger partial charge in [-0.2, -0.15) is 0 Å². The number of nitrogens with zero attached hydrogens (tertiary/aromatic N) is 3. The molecule has 0 radical (unpaired) electrons. The Kier molecular flexibility index (Phi) is 13.8. The normalized spacial score (nSPS) is 11.5. The Bertz CT molecular complexity index is 3000. The van der Waals surface area contributed by atoms with Gasteiger partial charge in [0, 0.05) is 50.0 Å². The molecule has 0 bridgehead atoms. The first-order chi connectivity index (χ1) is 32.5. The number of benzene rings is 7. The molecular formula is C60H63N3O3. The summed E-state index contributed by atoms with van der Waals surface area (Å²) in [5.74, 6) is 2.71. The van der Waals surface area contributed by atoms with Crippen molar-refractivity contribution in [2.75, 3.05) is 24.7 Å². The lowest BCUT2D eigenvalue weighted by atomic mass is 10.0. The van der Waals surface area contributed by atoms with Gasteiger partial charge in [-0.05, 0) is 171 Å². The van der Waals surface area contributed by atoms with Gasteiger partial charge in [-0.1, -0.05) is 84.2 Å². The van der Waals surface area contributed by atoms with Gasteiger partial charge in [0.05, 0.1) is 41.9 Å². The highest BCUT2D eigenvalue weighted by molar-refractivity contribution is 6.11. The molecule has 6 heteroatoms. The van der Waals surface area contributed by atoms with Gasteiger partial charge in [-0.25, -0.2) is 0 Å². The largest absolute Gasteiger partial charge is 0.494 e. The zero-order valence-electron chi connectivity index (χ0n) is 39.2. The summed E-state index contributed by atoms with van der Waals surface area (Å²) in [6.45, 7) is 15.0. The van der Waals surface area contributed by atoms with E-state index < -0.39 is 0 Å². The number of ether oxygens (including phenoxy) is 3. The monoisotopic (exact) mass is 873 g/mol. The molecule has 9 aromatic rings. The predicted octanol–water partition coefficient (Wildman–Crippen LogP) is 16.9. The minimum Gasteiger partial charge on any atom is -0.494 e. The molecule has 0 aliphatic heterocycles. The molecule has 7 aromatic carbocycles. The number of hydrogen-bond acceptors (Lipinski definition) is 4. The first-order valence-electron chi connectivity index (χ1n) is 24.3. The van der Waals surface area contributed by atoms with Crippen LogP contribution >= 0.6 is 0 Å². The zero-order valence-corrected chi connectivity index (χ0v) is 39.2. The van der Waals surface area contributed by atoms with Crippen molar-refractivity contribution >= 4 is 66.7 Å². The highest BCUT2D eigenvalue weighted by Gasteiger charge is 2.19. The van der Waals surface area contributed by atoms with Crippen molar-refractivity contribution in [3.05, 3.63) is 163 Å². The Labute approximate surface area is 390 Å². The topological polar surface area (TPSA) is 40.8 Å². The first kappa shape index (κ1) is 44.3. The van der Waals surface area contributed by atoms with Crippen molar-refractivity contribution in [3.63, 3.8) is 0 Å². The Morgan fingerprint density at radius 1 is 0.424 bits per heavy atom. The van der Waals surface area contributed by atoms with E-state index in [0.717, 1.165) is 125 Å². The van der Waals surface area contributed by atoms with Crippen LogP contribution in [-0.4, -0.2) is 29.0 Å². The third kappa shape index (κ3) is 9.15. The van der Waals surface area contributed by atoms with Gasteiger partial charge in [0.2, 0.25) is 0 Å². The summed E-state index contributed by atoms with van der Waals surface area (Å²) < 4.78 is 23.4. The Morgan fingerprint density at radius 3 is 1.17 bits per heavy atom. The van der Waals surface area contributed by atoms with Crippen molar-refractivity contribution < 1.29 is 14.2 Å². The molecule has 0 N–H and O–H groups in total. The van der Waals surface area contributed by atoms with Gasteiger partial charge in [-0.3, -0.25) is 0 Å². The van der Waals surface area contributed by atoms with Crippen molar-refractivity contribution in [2.24, 2.45) is 0 Å². The number of aryl methyl sites for hydroxylation is 1. The molecule has 0 spiro atoms. The highest BCUT2D eigenvalue weighted by atomic mass is 16.5. The number of rotatable bonds is 21. The molecule has 2 aromatic heterocycles. The Balaban J connectivity index is 1.10. The molecule has 6 nitrogen and oxygen atoms in total. The fraction of sp³-hybridized carbons (Fsp3) is 0.267. The third-order valence-electron chi connectivity index (χ3n) is 12.7. The molecule has 2 heterocycles. The lowest BCUT2D eigenvalue weighted by molar-refractivity contribution is 0.309. The highest BCUT2D eigenvalue weighted by Crippen LogP contribution is 2.41. The average molecular weight is 874 g/mol. The Hall–Kier alpha value is -6.92. The van der Waals surface area contributed by atoms with E-state index in [0.29, 0.717) is 13.2 Å². The van der Waals surface area contributed by atoms with E-state index in [9.17, 15) is 0 Å². The van der Waals surface area contributed by atoms with Crippen molar-refractivity contribution in [3.8, 4) is 28.6 Å². The van der Waals surface area contributed by atoms with Crippen LogP contribution in [0.2, 0.25) is 0 Å². The van der Waals surface area contributed by atoms with Crippen molar-refractivity contribution in [2.45, 2.75) is 85.5 Å². The number of anilines is 3. The molecular weight excluding hydrogens is 811 g/mol. The maximum absolute atomic E-state index is 6.23. The molecule has 0 fully saturated rings. The summed E-state index contributed by atoms with van der Waals surface area (Å²) in [6, 6.07) is 53.1. The molecule has 0 aliphatic rings. The molecule has 0 atom stereocenters. The van der Waals surface area contributed by atoms with E-state index in [2.05, 4.69) is 194 Å². The number of fused-ring (bicyclic) bond motifs is 6. The van der Waals surface area contributed by atoms with Crippen LogP contribution in [0.25, 0.3) is 61.1 Å². The number of aromatic nitrogens is 2. The quantitative estimate of drug-likeness (QED) is 0.0675. The van der Waals surface area contributed by atoms with Gasteiger partial charge in [0.15, 0.2) is 0 Å². The van der Waals surface area contributed by atoms with Crippen LogP contribution in [0.15, 0.2) is 152 Å².